The number of hydrogen-bond donors (Lipinski definition) is 0. The fourth-order valence-electron chi connectivity index (χ4n) is 2.24. The minimum absolute atomic E-state index is 0.00973. The number of hydrogen-bond acceptors (Lipinski definition) is 2. The summed E-state index contributed by atoms with van der Waals surface area (Å²) < 4.78 is 52.0. The normalized spacial score (nSPS) is 11.3. The van der Waals surface area contributed by atoms with Gasteiger partial charge in [-0.1, -0.05) is 29.3 Å². The Hall–Kier alpha value is -2.32. The summed E-state index contributed by atoms with van der Waals surface area (Å²) in [6.45, 7) is 0. The van der Waals surface area contributed by atoms with E-state index >= 15 is 0 Å². The Morgan fingerprint density at radius 3 is 2.04 bits per heavy atom. The van der Waals surface area contributed by atoms with Crippen molar-refractivity contribution < 1.29 is 27.2 Å². The lowest BCUT2D eigenvalue weighted by atomic mass is 10.1. The minimum Gasteiger partial charge on any atom is -0.294 e. The number of rotatable bonds is 2. The second-order valence-corrected chi connectivity index (χ2v) is 6.28. The van der Waals surface area contributed by atoms with E-state index in [0.717, 1.165) is 20.2 Å². The highest BCUT2D eigenvalue weighted by Gasteiger charge is 2.32. The first-order valence-corrected chi connectivity index (χ1v) is 8.07. The molecule has 0 aromatic heterocycles. The summed E-state index contributed by atoms with van der Waals surface area (Å²) in [5.41, 5.74) is -1.76. The molecule has 27 heavy (non-hydrogen) atoms. The molecule has 0 aliphatic carbocycles. The third kappa shape index (κ3) is 4.33. The molecule has 2 aromatic carbocycles. The zero-order chi connectivity index (χ0) is 20.5. The quantitative estimate of drug-likeness (QED) is 0.601. The van der Waals surface area contributed by atoms with Crippen LogP contribution in [-0.4, -0.2) is 30.9 Å². The van der Waals surface area contributed by atoms with Crippen LogP contribution in [0.5, 0.6) is 0 Å². The van der Waals surface area contributed by atoms with E-state index in [1.165, 1.54) is 18.2 Å². The molecule has 0 atom stereocenters. The Morgan fingerprint density at radius 1 is 1.00 bits per heavy atom. The highest BCUT2D eigenvalue weighted by molar-refractivity contribution is 6.40. The number of carbonyl (C=O) groups excluding carboxylic acids is 2. The molecule has 2 aromatic rings. The van der Waals surface area contributed by atoms with Crippen molar-refractivity contribution in [1.29, 1.82) is 0 Å². The van der Waals surface area contributed by atoms with Crippen molar-refractivity contribution in [1.82, 2.24) is 4.90 Å². The standard InChI is InChI=1S/C17H12Cl2F4N2O2/c1-24(13-7-6-9(8-12(13)20)17(21,22)23)16(27)25(2)15(26)14-10(18)4-3-5-11(14)19/h3-8H,1-2H3. The Morgan fingerprint density at radius 2 is 1.56 bits per heavy atom. The van der Waals surface area contributed by atoms with Crippen molar-refractivity contribution in [2.24, 2.45) is 0 Å². The van der Waals surface area contributed by atoms with Crippen molar-refractivity contribution in [3.63, 3.8) is 0 Å². The van der Waals surface area contributed by atoms with Crippen LogP contribution in [0.3, 0.4) is 0 Å². The average Bonchev–Trinajstić information content (AvgIpc) is 2.58. The SMILES string of the molecule is CN(C(=O)c1c(Cl)cccc1Cl)C(=O)N(C)c1ccc(C(F)(F)F)cc1F. The number of anilines is 1. The highest BCUT2D eigenvalue weighted by Crippen LogP contribution is 2.32. The van der Waals surface area contributed by atoms with E-state index in [4.69, 9.17) is 23.2 Å². The summed E-state index contributed by atoms with van der Waals surface area (Å²) in [6, 6.07) is 5.02. The van der Waals surface area contributed by atoms with E-state index in [2.05, 4.69) is 0 Å². The molecule has 10 heteroatoms. The molecule has 144 valence electrons. The largest absolute Gasteiger partial charge is 0.416 e. The molecule has 0 spiro atoms. The molecular weight excluding hydrogens is 411 g/mol. The van der Waals surface area contributed by atoms with Gasteiger partial charge in [-0.2, -0.15) is 13.2 Å². The Balaban J connectivity index is 2.30. The zero-order valence-corrected chi connectivity index (χ0v) is 15.5. The van der Waals surface area contributed by atoms with Crippen LogP contribution in [0.2, 0.25) is 10.0 Å². The van der Waals surface area contributed by atoms with Gasteiger partial charge in [0.05, 0.1) is 26.9 Å². The summed E-state index contributed by atoms with van der Waals surface area (Å²) in [7, 11) is 2.23. The molecule has 2 rings (SSSR count). The number of imide groups is 1. The Kier molecular flexibility index (Phi) is 6.01. The van der Waals surface area contributed by atoms with Gasteiger partial charge in [0.15, 0.2) is 0 Å². The lowest BCUT2D eigenvalue weighted by Gasteiger charge is -2.25. The molecule has 0 N–H and O–H groups in total. The van der Waals surface area contributed by atoms with Crippen molar-refractivity contribution >= 4 is 40.8 Å². The van der Waals surface area contributed by atoms with Gasteiger partial charge in [-0.25, -0.2) is 9.18 Å². The van der Waals surface area contributed by atoms with E-state index in [-0.39, 0.29) is 21.7 Å². The van der Waals surface area contributed by atoms with Crippen LogP contribution in [0, 0.1) is 5.82 Å². The van der Waals surface area contributed by atoms with Crippen LogP contribution in [0.15, 0.2) is 36.4 Å². The van der Waals surface area contributed by atoms with E-state index in [1.807, 2.05) is 0 Å². The number of benzene rings is 2. The molecule has 0 saturated heterocycles. The van der Waals surface area contributed by atoms with E-state index < -0.39 is 35.2 Å². The van der Waals surface area contributed by atoms with Crippen molar-refractivity contribution in [2.75, 3.05) is 19.0 Å². The Bertz CT molecular complexity index is 883. The van der Waals surface area contributed by atoms with Crippen LogP contribution in [0.25, 0.3) is 0 Å². The first-order chi connectivity index (χ1) is 12.4. The summed E-state index contributed by atoms with van der Waals surface area (Å²) >= 11 is 11.9. The molecule has 4 nitrogen and oxygen atoms in total. The molecule has 0 heterocycles. The highest BCUT2D eigenvalue weighted by atomic mass is 35.5. The smallest absolute Gasteiger partial charge is 0.294 e. The molecule has 0 saturated carbocycles. The first kappa shape index (κ1) is 21.0. The number of halogens is 6. The maximum Gasteiger partial charge on any atom is 0.416 e. The van der Waals surface area contributed by atoms with Crippen LogP contribution in [0.4, 0.5) is 28.0 Å². The molecular formula is C17H12Cl2F4N2O2. The third-order valence-electron chi connectivity index (χ3n) is 3.69. The van der Waals surface area contributed by atoms with Gasteiger partial charge < -0.3 is 0 Å². The lowest BCUT2D eigenvalue weighted by molar-refractivity contribution is -0.137. The van der Waals surface area contributed by atoms with E-state index in [9.17, 15) is 27.2 Å². The second kappa shape index (κ2) is 7.74. The Labute approximate surface area is 161 Å². The summed E-state index contributed by atoms with van der Waals surface area (Å²) in [6.07, 6.45) is -4.73. The zero-order valence-electron chi connectivity index (χ0n) is 13.9. The van der Waals surface area contributed by atoms with Gasteiger partial charge in [0.1, 0.15) is 5.82 Å². The van der Waals surface area contributed by atoms with Gasteiger partial charge >= 0.3 is 12.2 Å². The van der Waals surface area contributed by atoms with Crippen molar-refractivity contribution in [2.45, 2.75) is 6.18 Å². The fourth-order valence-corrected chi connectivity index (χ4v) is 2.80. The van der Waals surface area contributed by atoms with Gasteiger partial charge in [0.2, 0.25) is 0 Å². The number of urea groups is 1. The maximum absolute atomic E-state index is 14.1. The molecule has 0 bridgehead atoms. The molecule has 0 unspecified atom stereocenters. The lowest BCUT2D eigenvalue weighted by Crippen LogP contribution is -2.42. The molecule has 0 aliphatic rings. The summed E-state index contributed by atoms with van der Waals surface area (Å²) in [5.74, 6) is -2.12. The fraction of sp³-hybridized carbons (Fsp3) is 0.176. The van der Waals surface area contributed by atoms with Gasteiger partial charge in [0.25, 0.3) is 5.91 Å². The monoisotopic (exact) mass is 422 g/mol. The maximum atomic E-state index is 14.1. The summed E-state index contributed by atoms with van der Waals surface area (Å²) in [5, 5.41) is 0.0195. The van der Waals surface area contributed by atoms with E-state index in [0.29, 0.717) is 15.9 Å². The van der Waals surface area contributed by atoms with Crippen LogP contribution >= 0.6 is 23.2 Å². The minimum atomic E-state index is -4.73. The van der Waals surface area contributed by atoms with Gasteiger partial charge in [-0.3, -0.25) is 14.6 Å². The van der Waals surface area contributed by atoms with Crippen LogP contribution in [0.1, 0.15) is 15.9 Å². The third-order valence-corrected chi connectivity index (χ3v) is 4.32. The first-order valence-electron chi connectivity index (χ1n) is 7.31. The molecule has 0 radical (unpaired) electrons. The summed E-state index contributed by atoms with van der Waals surface area (Å²) in [4.78, 5) is 26.3. The predicted molar refractivity (Wildman–Crippen MR) is 93.8 cm³/mol. The topological polar surface area (TPSA) is 40.6 Å². The van der Waals surface area contributed by atoms with Gasteiger partial charge in [0, 0.05) is 14.1 Å². The van der Waals surface area contributed by atoms with Gasteiger partial charge in [-0.05, 0) is 30.3 Å². The number of alkyl halides is 3. The number of carbonyl (C=O) groups is 2. The van der Waals surface area contributed by atoms with Crippen LogP contribution in [-0.2, 0) is 6.18 Å². The van der Waals surface area contributed by atoms with E-state index in [1.54, 1.807) is 0 Å². The van der Waals surface area contributed by atoms with Crippen molar-refractivity contribution in [3.8, 4) is 0 Å². The van der Waals surface area contributed by atoms with Gasteiger partial charge in [-0.15, -0.1) is 0 Å². The average molecular weight is 423 g/mol. The van der Waals surface area contributed by atoms with Crippen LogP contribution < -0.4 is 4.90 Å². The number of nitrogens with zero attached hydrogens (tertiary/aromatic N) is 2. The molecule has 0 fully saturated rings. The molecule has 0 aliphatic heterocycles. The predicted octanol–water partition coefficient (Wildman–Crippen LogP) is 5.48. The second-order valence-electron chi connectivity index (χ2n) is 5.47. The number of amides is 3. The van der Waals surface area contributed by atoms with Crippen molar-refractivity contribution in [3.05, 3.63) is 63.4 Å². The molecule has 3 amide bonds.